The first kappa shape index (κ1) is 15.3. The molecule has 2 aliphatic carbocycles. The molecule has 2 rings (SSSR count). The maximum absolute atomic E-state index is 11.7. The Hall–Kier alpha value is -1.06. The van der Waals surface area contributed by atoms with Crippen LogP contribution in [0, 0.1) is 0 Å². The van der Waals surface area contributed by atoms with Gasteiger partial charge in [-0.15, -0.1) is 0 Å². The van der Waals surface area contributed by atoms with E-state index < -0.39 is 0 Å². The highest BCUT2D eigenvalue weighted by molar-refractivity contribution is 5.77. The van der Waals surface area contributed by atoms with Crippen LogP contribution in [0.2, 0.25) is 0 Å². The van der Waals surface area contributed by atoms with Crippen LogP contribution in [0.5, 0.6) is 0 Å². The van der Waals surface area contributed by atoms with Gasteiger partial charge in [0.05, 0.1) is 12.8 Å². The SMILES string of the molecule is O=C(CCC(=O)OC1CCCCC1)OC1CCCCC1. The van der Waals surface area contributed by atoms with Gasteiger partial charge in [-0.3, -0.25) is 9.59 Å². The lowest BCUT2D eigenvalue weighted by Crippen LogP contribution is -2.23. The molecule has 2 saturated carbocycles. The minimum absolute atomic E-state index is 0.0746. The van der Waals surface area contributed by atoms with Gasteiger partial charge in [0.1, 0.15) is 12.2 Å². The highest BCUT2D eigenvalue weighted by atomic mass is 16.5. The standard InChI is InChI=1S/C16H26O4/c17-15(19-13-7-3-1-4-8-13)11-12-16(18)20-14-9-5-2-6-10-14/h13-14H,1-12H2. The molecular formula is C16H26O4. The number of hydrogen-bond donors (Lipinski definition) is 0. The average Bonchev–Trinajstić information content (AvgIpc) is 2.47. The second-order valence-corrected chi connectivity index (χ2v) is 6.00. The van der Waals surface area contributed by atoms with Gasteiger partial charge in [-0.1, -0.05) is 12.8 Å². The molecule has 2 fully saturated rings. The van der Waals surface area contributed by atoms with E-state index in [4.69, 9.17) is 9.47 Å². The van der Waals surface area contributed by atoms with Crippen molar-refractivity contribution < 1.29 is 19.1 Å². The van der Waals surface area contributed by atoms with E-state index in [1.54, 1.807) is 0 Å². The van der Waals surface area contributed by atoms with Gasteiger partial charge in [0, 0.05) is 0 Å². The Balaban J connectivity index is 1.58. The topological polar surface area (TPSA) is 52.6 Å². The van der Waals surface area contributed by atoms with Gasteiger partial charge in [-0.2, -0.15) is 0 Å². The predicted octanol–water partition coefficient (Wildman–Crippen LogP) is 3.52. The molecule has 0 radical (unpaired) electrons. The molecular weight excluding hydrogens is 256 g/mol. The van der Waals surface area contributed by atoms with Gasteiger partial charge < -0.3 is 9.47 Å². The van der Waals surface area contributed by atoms with Crippen molar-refractivity contribution in [1.29, 1.82) is 0 Å². The fourth-order valence-electron chi connectivity index (χ4n) is 3.06. The third-order valence-electron chi connectivity index (χ3n) is 4.23. The van der Waals surface area contributed by atoms with Crippen molar-refractivity contribution in [2.45, 2.75) is 89.3 Å². The first-order valence-electron chi connectivity index (χ1n) is 8.13. The molecule has 0 aliphatic heterocycles. The summed E-state index contributed by atoms with van der Waals surface area (Å²) in [7, 11) is 0. The second-order valence-electron chi connectivity index (χ2n) is 6.00. The maximum Gasteiger partial charge on any atom is 0.306 e. The van der Waals surface area contributed by atoms with Crippen LogP contribution in [-0.4, -0.2) is 24.1 Å². The van der Waals surface area contributed by atoms with E-state index in [0.29, 0.717) is 0 Å². The fraction of sp³-hybridized carbons (Fsp3) is 0.875. The van der Waals surface area contributed by atoms with Crippen molar-refractivity contribution in [3.05, 3.63) is 0 Å². The van der Waals surface area contributed by atoms with Crippen LogP contribution >= 0.6 is 0 Å². The molecule has 0 aromatic heterocycles. The van der Waals surface area contributed by atoms with E-state index in [0.717, 1.165) is 51.4 Å². The largest absolute Gasteiger partial charge is 0.462 e. The number of carbonyl (C=O) groups is 2. The van der Waals surface area contributed by atoms with Gasteiger partial charge in [-0.05, 0) is 51.4 Å². The van der Waals surface area contributed by atoms with Crippen LogP contribution in [0.15, 0.2) is 0 Å². The number of hydrogen-bond acceptors (Lipinski definition) is 4. The Morgan fingerprint density at radius 3 is 1.35 bits per heavy atom. The van der Waals surface area contributed by atoms with Crippen LogP contribution in [0.3, 0.4) is 0 Å². The lowest BCUT2D eigenvalue weighted by Gasteiger charge is -2.22. The van der Waals surface area contributed by atoms with Crippen molar-refractivity contribution in [2.75, 3.05) is 0 Å². The molecule has 0 aromatic carbocycles. The van der Waals surface area contributed by atoms with E-state index in [9.17, 15) is 9.59 Å². The molecule has 4 heteroatoms. The van der Waals surface area contributed by atoms with E-state index in [2.05, 4.69) is 0 Å². The van der Waals surface area contributed by atoms with Crippen LogP contribution in [-0.2, 0) is 19.1 Å². The third-order valence-corrected chi connectivity index (χ3v) is 4.23. The van der Waals surface area contributed by atoms with Gasteiger partial charge in [-0.25, -0.2) is 0 Å². The summed E-state index contributed by atoms with van der Waals surface area (Å²) >= 11 is 0. The zero-order valence-corrected chi connectivity index (χ0v) is 12.3. The molecule has 114 valence electrons. The normalized spacial score (nSPS) is 21.4. The number of carbonyl (C=O) groups excluding carboxylic acids is 2. The molecule has 0 unspecified atom stereocenters. The average molecular weight is 282 g/mol. The fourth-order valence-corrected chi connectivity index (χ4v) is 3.06. The molecule has 0 spiro atoms. The van der Waals surface area contributed by atoms with Gasteiger partial charge >= 0.3 is 11.9 Å². The Kier molecular flexibility index (Phi) is 6.34. The molecule has 2 aliphatic rings. The Morgan fingerprint density at radius 1 is 0.650 bits per heavy atom. The quantitative estimate of drug-likeness (QED) is 0.724. The smallest absolute Gasteiger partial charge is 0.306 e. The van der Waals surface area contributed by atoms with Crippen molar-refractivity contribution in [1.82, 2.24) is 0 Å². The van der Waals surface area contributed by atoms with E-state index in [1.165, 1.54) is 12.8 Å². The Morgan fingerprint density at radius 2 is 1.00 bits per heavy atom. The van der Waals surface area contributed by atoms with Crippen molar-refractivity contribution in [3.63, 3.8) is 0 Å². The number of ether oxygens (including phenoxy) is 2. The predicted molar refractivity (Wildman–Crippen MR) is 75.2 cm³/mol. The molecule has 0 bridgehead atoms. The monoisotopic (exact) mass is 282 g/mol. The van der Waals surface area contributed by atoms with Crippen LogP contribution in [0.4, 0.5) is 0 Å². The Bertz CT molecular complexity index is 282. The molecule has 0 N–H and O–H groups in total. The van der Waals surface area contributed by atoms with Crippen molar-refractivity contribution in [3.8, 4) is 0 Å². The highest BCUT2D eigenvalue weighted by Crippen LogP contribution is 2.22. The van der Waals surface area contributed by atoms with Gasteiger partial charge in [0.2, 0.25) is 0 Å². The first-order chi connectivity index (χ1) is 9.74. The van der Waals surface area contributed by atoms with Crippen molar-refractivity contribution >= 4 is 11.9 Å². The van der Waals surface area contributed by atoms with Gasteiger partial charge in [0.25, 0.3) is 0 Å². The maximum atomic E-state index is 11.7. The Labute approximate surface area is 121 Å². The lowest BCUT2D eigenvalue weighted by atomic mass is 9.98. The van der Waals surface area contributed by atoms with Crippen molar-refractivity contribution in [2.24, 2.45) is 0 Å². The summed E-state index contributed by atoms with van der Waals surface area (Å²) < 4.78 is 10.8. The minimum Gasteiger partial charge on any atom is -0.462 e. The molecule has 0 heterocycles. The van der Waals surface area contributed by atoms with Crippen LogP contribution < -0.4 is 0 Å². The molecule has 4 nitrogen and oxygen atoms in total. The lowest BCUT2D eigenvalue weighted by molar-refractivity contribution is -0.157. The summed E-state index contributed by atoms with van der Waals surface area (Å²) in [5.74, 6) is -0.505. The van der Waals surface area contributed by atoms with E-state index >= 15 is 0 Å². The van der Waals surface area contributed by atoms with Gasteiger partial charge in [0.15, 0.2) is 0 Å². The third kappa shape index (κ3) is 5.51. The second kappa shape index (κ2) is 8.28. The number of rotatable bonds is 5. The molecule has 0 amide bonds. The van der Waals surface area contributed by atoms with Crippen LogP contribution in [0.1, 0.15) is 77.0 Å². The van der Waals surface area contributed by atoms with E-state index in [1.807, 2.05) is 0 Å². The van der Waals surface area contributed by atoms with E-state index in [-0.39, 0.29) is 37.0 Å². The zero-order valence-electron chi connectivity index (χ0n) is 12.3. The number of esters is 2. The minimum atomic E-state index is -0.252. The summed E-state index contributed by atoms with van der Waals surface area (Å²) in [5, 5.41) is 0. The molecule has 0 saturated heterocycles. The highest BCUT2D eigenvalue weighted by Gasteiger charge is 2.20. The zero-order chi connectivity index (χ0) is 14.2. The summed E-state index contributed by atoms with van der Waals surface area (Å²) in [4.78, 5) is 23.4. The summed E-state index contributed by atoms with van der Waals surface area (Å²) in [5.41, 5.74) is 0. The molecule has 0 aromatic rings. The van der Waals surface area contributed by atoms with Crippen LogP contribution in [0.25, 0.3) is 0 Å². The molecule has 20 heavy (non-hydrogen) atoms. The summed E-state index contributed by atoms with van der Waals surface area (Å²) in [6.07, 6.45) is 11.4. The summed E-state index contributed by atoms with van der Waals surface area (Å²) in [6.45, 7) is 0. The summed E-state index contributed by atoms with van der Waals surface area (Å²) in [6, 6.07) is 0. The molecule has 0 atom stereocenters. The first-order valence-corrected chi connectivity index (χ1v) is 8.13.